The molecule has 0 amide bonds. The third-order valence-corrected chi connectivity index (χ3v) is 2.30. The molecule has 0 atom stereocenters. The second-order valence-corrected chi connectivity index (χ2v) is 3.54. The molecule has 0 saturated heterocycles. The van der Waals surface area contributed by atoms with Crippen LogP contribution >= 0.6 is 0 Å². The standard InChI is InChI=1S/C12H16FN3O/c1-2-3-6-15-8-9-4-5-10(13)7-11(9)12(14)16-17/h2,4-5,7,15,17H,1,3,6,8H2,(H2,14,16). The van der Waals surface area contributed by atoms with Crippen molar-refractivity contribution < 1.29 is 9.60 Å². The number of rotatable bonds is 6. The number of benzene rings is 1. The van der Waals surface area contributed by atoms with Crippen molar-refractivity contribution in [2.45, 2.75) is 13.0 Å². The van der Waals surface area contributed by atoms with Crippen LogP contribution in [0.5, 0.6) is 0 Å². The highest BCUT2D eigenvalue weighted by Gasteiger charge is 2.08. The summed E-state index contributed by atoms with van der Waals surface area (Å²) in [7, 11) is 0. The van der Waals surface area contributed by atoms with E-state index in [1.807, 2.05) is 6.08 Å². The molecule has 0 bridgehead atoms. The van der Waals surface area contributed by atoms with Gasteiger partial charge < -0.3 is 16.3 Å². The molecule has 0 radical (unpaired) electrons. The van der Waals surface area contributed by atoms with Crippen molar-refractivity contribution in [3.63, 3.8) is 0 Å². The van der Waals surface area contributed by atoms with Crippen molar-refractivity contribution in [1.82, 2.24) is 5.32 Å². The highest BCUT2D eigenvalue weighted by atomic mass is 19.1. The lowest BCUT2D eigenvalue weighted by molar-refractivity contribution is 0.318. The van der Waals surface area contributed by atoms with Crippen LogP contribution in [0.3, 0.4) is 0 Å². The Balaban J connectivity index is 2.79. The highest BCUT2D eigenvalue weighted by Crippen LogP contribution is 2.11. The second-order valence-electron chi connectivity index (χ2n) is 3.54. The van der Waals surface area contributed by atoms with E-state index in [1.54, 1.807) is 6.07 Å². The Morgan fingerprint density at radius 3 is 3.00 bits per heavy atom. The third kappa shape index (κ3) is 3.88. The maximum absolute atomic E-state index is 13.1. The van der Waals surface area contributed by atoms with Crippen LogP contribution in [0, 0.1) is 5.82 Å². The zero-order chi connectivity index (χ0) is 12.7. The number of amidine groups is 1. The molecule has 0 spiro atoms. The summed E-state index contributed by atoms with van der Waals surface area (Å²) in [5.74, 6) is -0.508. The van der Waals surface area contributed by atoms with Crippen molar-refractivity contribution in [1.29, 1.82) is 0 Å². The van der Waals surface area contributed by atoms with E-state index in [2.05, 4.69) is 17.1 Å². The van der Waals surface area contributed by atoms with E-state index < -0.39 is 5.82 Å². The van der Waals surface area contributed by atoms with E-state index >= 15 is 0 Å². The van der Waals surface area contributed by atoms with Gasteiger partial charge in [0, 0.05) is 12.1 Å². The van der Waals surface area contributed by atoms with Gasteiger partial charge in [-0.1, -0.05) is 17.3 Å². The maximum atomic E-state index is 13.1. The van der Waals surface area contributed by atoms with E-state index in [0.717, 1.165) is 18.5 Å². The first-order chi connectivity index (χ1) is 8.19. The summed E-state index contributed by atoms with van der Waals surface area (Å²) in [6.07, 6.45) is 2.65. The molecule has 0 unspecified atom stereocenters. The number of hydrogen-bond donors (Lipinski definition) is 3. The monoisotopic (exact) mass is 237 g/mol. The summed E-state index contributed by atoms with van der Waals surface area (Å²) in [5, 5.41) is 14.7. The van der Waals surface area contributed by atoms with Gasteiger partial charge in [-0.25, -0.2) is 4.39 Å². The average molecular weight is 237 g/mol. The molecule has 1 rings (SSSR count). The van der Waals surface area contributed by atoms with Crippen LogP contribution in [-0.4, -0.2) is 17.6 Å². The quantitative estimate of drug-likeness (QED) is 0.176. The smallest absolute Gasteiger partial charge is 0.170 e. The number of nitrogens with zero attached hydrogens (tertiary/aromatic N) is 1. The van der Waals surface area contributed by atoms with Crippen LogP contribution in [0.15, 0.2) is 36.0 Å². The molecule has 4 nitrogen and oxygen atoms in total. The first-order valence-corrected chi connectivity index (χ1v) is 5.27. The molecule has 92 valence electrons. The lowest BCUT2D eigenvalue weighted by atomic mass is 10.1. The molecule has 0 heterocycles. The fourth-order valence-electron chi connectivity index (χ4n) is 1.42. The molecule has 0 aromatic heterocycles. The Hall–Kier alpha value is -1.88. The Morgan fingerprint density at radius 1 is 1.59 bits per heavy atom. The average Bonchev–Trinajstić information content (AvgIpc) is 2.35. The van der Waals surface area contributed by atoms with Crippen LogP contribution in [-0.2, 0) is 6.54 Å². The van der Waals surface area contributed by atoms with Gasteiger partial charge in [0.2, 0.25) is 0 Å². The summed E-state index contributed by atoms with van der Waals surface area (Å²) < 4.78 is 13.1. The van der Waals surface area contributed by atoms with E-state index in [1.165, 1.54) is 12.1 Å². The maximum Gasteiger partial charge on any atom is 0.170 e. The molecule has 0 aliphatic rings. The van der Waals surface area contributed by atoms with E-state index in [0.29, 0.717) is 12.1 Å². The summed E-state index contributed by atoms with van der Waals surface area (Å²) >= 11 is 0. The first kappa shape index (κ1) is 13.2. The minimum atomic E-state index is -0.415. The SMILES string of the molecule is C=CCCNCc1ccc(F)cc1/C(N)=N\O. The van der Waals surface area contributed by atoms with Gasteiger partial charge in [0.05, 0.1) is 0 Å². The predicted molar refractivity (Wildman–Crippen MR) is 65.4 cm³/mol. The molecule has 1 aromatic carbocycles. The Kier molecular flexibility index (Phi) is 5.16. The van der Waals surface area contributed by atoms with Crippen molar-refractivity contribution in [2.24, 2.45) is 10.9 Å². The normalized spacial score (nSPS) is 11.5. The van der Waals surface area contributed by atoms with Crippen LogP contribution in [0.2, 0.25) is 0 Å². The van der Waals surface area contributed by atoms with E-state index in [-0.39, 0.29) is 5.84 Å². The van der Waals surface area contributed by atoms with Crippen molar-refractivity contribution >= 4 is 5.84 Å². The van der Waals surface area contributed by atoms with Crippen LogP contribution in [0.25, 0.3) is 0 Å². The molecule has 0 aliphatic carbocycles. The Bertz CT molecular complexity index is 418. The van der Waals surface area contributed by atoms with Gasteiger partial charge in [-0.15, -0.1) is 6.58 Å². The molecule has 17 heavy (non-hydrogen) atoms. The highest BCUT2D eigenvalue weighted by molar-refractivity contribution is 5.98. The second kappa shape index (κ2) is 6.65. The zero-order valence-corrected chi connectivity index (χ0v) is 9.49. The van der Waals surface area contributed by atoms with Gasteiger partial charge in [0.25, 0.3) is 0 Å². The Morgan fingerprint density at radius 2 is 2.35 bits per heavy atom. The summed E-state index contributed by atoms with van der Waals surface area (Å²) in [4.78, 5) is 0. The molecule has 0 aliphatic heterocycles. The molecular weight excluding hydrogens is 221 g/mol. The van der Waals surface area contributed by atoms with Gasteiger partial charge in [-0.3, -0.25) is 0 Å². The van der Waals surface area contributed by atoms with Gasteiger partial charge in [-0.05, 0) is 30.7 Å². The summed E-state index contributed by atoms with van der Waals surface area (Å²) in [5.41, 5.74) is 6.67. The summed E-state index contributed by atoms with van der Waals surface area (Å²) in [6, 6.07) is 4.21. The topological polar surface area (TPSA) is 70.6 Å². The molecule has 1 aromatic rings. The first-order valence-electron chi connectivity index (χ1n) is 5.27. The molecule has 4 N–H and O–H groups in total. The van der Waals surface area contributed by atoms with Gasteiger partial charge >= 0.3 is 0 Å². The van der Waals surface area contributed by atoms with Crippen LogP contribution in [0.1, 0.15) is 17.5 Å². The number of halogens is 1. The van der Waals surface area contributed by atoms with Gasteiger partial charge in [0.15, 0.2) is 5.84 Å². The predicted octanol–water partition coefficient (Wildman–Crippen LogP) is 1.59. The minimum Gasteiger partial charge on any atom is -0.409 e. The van der Waals surface area contributed by atoms with E-state index in [4.69, 9.17) is 10.9 Å². The third-order valence-electron chi connectivity index (χ3n) is 2.30. The molecule has 5 heteroatoms. The summed E-state index contributed by atoms with van der Waals surface area (Å²) in [6.45, 7) is 4.92. The fourth-order valence-corrected chi connectivity index (χ4v) is 1.42. The van der Waals surface area contributed by atoms with Gasteiger partial charge in [-0.2, -0.15) is 0 Å². The lowest BCUT2D eigenvalue weighted by Gasteiger charge is -2.09. The van der Waals surface area contributed by atoms with Crippen molar-refractivity contribution in [2.75, 3.05) is 6.54 Å². The Labute approximate surface area is 99.6 Å². The van der Waals surface area contributed by atoms with Crippen molar-refractivity contribution in [3.8, 4) is 0 Å². The molecule has 0 fully saturated rings. The van der Waals surface area contributed by atoms with E-state index in [9.17, 15) is 4.39 Å². The number of nitrogens with one attached hydrogen (secondary N) is 1. The lowest BCUT2D eigenvalue weighted by Crippen LogP contribution is -2.20. The zero-order valence-electron chi connectivity index (χ0n) is 9.49. The number of nitrogens with two attached hydrogens (primary N) is 1. The number of oxime groups is 1. The largest absolute Gasteiger partial charge is 0.409 e. The fraction of sp³-hybridized carbons (Fsp3) is 0.250. The molecular formula is C12H16FN3O. The molecule has 0 saturated carbocycles. The number of hydrogen-bond acceptors (Lipinski definition) is 3. The minimum absolute atomic E-state index is 0.0926. The van der Waals surface area contributed by atoms with Crippen LogP contribution in [0.4, 0.5) is 4.39 Å². The van der Waals surface area contributed by atoms with Gasteiger partial charge in [0.1, 0.15) is 5.82 Å². The van der Waals surface area contributed by atoms with Crippen molar-refractivity contribution in [3.05, 3.63) is 47.8 Å². The van der Waals surface area contributed by atoms with Crippen LogP contribution < -0.4 is 11.1 Å².